The Labute approximate surface area is 157 Å². The average Bonchev–Trinajstić information content (AvgIpc) is 3.29. The van der Waals surface area contributed by atoms with Gasteiger partial charge in [-0.25, -0.2) is 4.98 Å². The summed E-state index contributed by atoms with van der Waals surface area (Å²) in [5, 5.41) is 0.747. The molecule has 0 aliphatic carbocycles. The number of nitrogens with zero attached hydrogens (tertiary/aromatic N) is 2. The van der Waals surface area contributed by atoms with E-state index in [1.165, 1.54) is 0 Å². The molecule has 1 unspecified atom stereocenters. The monoisotopic (exact) mass is 366 g/mol. The highest BCUT2D eigenvalue weighted by molar-refractivity contribution is 7.22. The lowest BCUT2D eigenvalue weighted by Crippen LogP contribution is -2.37. The molecule has 134 valence electrons. The van der Waals surface area contributed by atoms with Gasteiger partial charge in [0.1, 0.15) is 0 Å². The number of fused-ring (bicyclic) bond motifs is 1. The van der Waals surface area contributed by atoms with Gasteiger partial charge in [0.05, 0.1) is 22.9 Å². The number of aromatic nitrogens is 1. The highest BCUT2D eigenvalue weighted by Crippen LogP contribution is 2.32. The lowest BCUT2D eigenvalue weighted by atomic mass is 10.1. The molecule has 1 amide bonds. The number of rotatable bonds is 4. The van der Waals surface area contributed by atoms with Gasteiger partial charge < -0.3 is 4.74 Å². The van der Waals surface area contributed by atoms with Crippen LogP contribution in [-0.2, 0) is 4.74 Å². The Morgan fingerprint density at radius 1 is 1.27 bits per heavy atom. The Bertz CT molecular complexity index is 944. The van der Waals surface area contributed by atoms with Gasteiger partial charge in [0, 0.05) is 12.2 Å². The normalized spacial score (nSPS) is 16.9. The van der Waals surface area contributed by atoms with Crippen LogP contribution in [0, 0.1) is 13.8 Å². The Morgan fingerprint density at radius 2 is 2.12 bits per heavy atom. The van der Waals surface area contributed by atoms with Crippen LogP contribution < -0.4 is 4.90 Å². The second kappa shape index (κ2) is 7.17. The molecule has 1 aliphatic heterocycles. The van der Waals surface area contributed by atoms with Gasteiger partial charge in [-0.05, 0) is 50.5 Å². The summed E-state index contributed by atoms with van der Waals surface area (Å²) in [5.41, 5.74) is 3.87. The third kappa shape index (κ3) is 3.37. The first-order valence-corrected chi connectivity index (χ1v) is 9.80. The number of ether oxygens (including phenoxy) is 1. The number of amides is 1. The maximum atomic E-state index is 13.3. The first-order chi connectivity index (χ1) is 12.6. The molecule has 4 rings (SSSR count). The molecule has 1 atom stereocenters. The van der Waals surface area contributed by atoms with Crippen molar-refractivity contribution < 1.29 is 9.53 Å². The van der Waals surface area contributed by atoms with Gasteiger partial charge in [-0.15, -0.1) is 0 Å². The molecule has 2 aromatic carbocycles. The lowest BCUT2D eigenvalue weighted by Gasteiger charge is -2.23. The molecule has 1 aromatic heterocycles. The van der Waals surface area contributed by atoms with E-state index in [4.69, 9.17) is 9.72 Å². The minimum Gasteiger partial charge on any atom is -0.376 e. The molecule has 1 saturated heterocycles. The van der Waals surface area contributed by atoms with Crippen molar-refractivity contribution in [3.05, 3.63) is 59.2 Å². The highest BCUT2D eigenvalue weighted by Gasteiger charge is 2.27. The van der Waals surface area contributed by atoms with E-state index in [1.54, 1.807) is 16.2 Å². The Balaban J connectivity index is 1.73. The van der Waals surface area contributed by atoms with Gasteiger partial charge in [-0.3, -0.25) is 9.69 Å². The Morgan fingerprint density at radius 3 is 2.85 bits per heavy atom. The Hall–Kier alpha value is -2.24. The van der Waals surface area contributed by atoms with E-state index in [2.05, 4.69) is 19.1 Å². The standard InChI is InChI=1S/C21H22N2O2S/c1-14-6-3-8-16(12-14)20(24)23(13-17-9-5-11-25-17)21-22-19-15(2)7-4-10-18(19)26-21/h3-4,6-8,10,12,17H,5,9,11,13H2,1-2H3. The van der Waals surface area contributed by atoms with E-state index in [9.17, 15) is 4.79 Å². The van der Waals surface area contributed by atoms with Gasteiger partial charge in [-0.2, -0.15) is 0 Å². The summed E-state index contributed by atoms with van der Waals surface area (Å²) >= 11 is 1.57. The number of aryl methyl sites for hydroxylation is 2. The topological polar surface area (TPSA) is 42.4 Å². The largest absolute Gasteiger partial charge is 0.376 e. The second-order valence-electron chi connectivity index (χ2n) is 6.84. The summed E-state index contributed by atoms with van der Waals surface area (Å²) in [6.07, 6.45) is 2.12. The number of carbonyl (C=O) groups is 1. The Kier molecular flexibility index (Phi) is 4.74. The van der Waals surface area contributed by atoms with Crippen LogP contribution in [0.1, 0.15) is 34.3 Å². The van der Waals surface area contributed by atoms with E-state index in [1.807, 2.05) is 37.3 Å². The number of anilines is 1. The summed E-state index contributed by atoms with van der Waals surface area (Å²) in [4.78, 5) is 19.9. The van der Waals surface area contributed by atoms with Gasteiger partial charge in [0.25, 0.3) is 5.91 Å². The molecule has 3 aromatic rings. The predicted octanol–water partition coefficient (Wildman–Crippen LogP) is 4.74. The van der Waals surface area contributed by atoms with Gasteiger partial charge in [-0.1, -0.05) is 41.2 Å². The minimum absolute atomic E-state index is 0.0130. The van der Waals surface area contributed by atoms with Crippen LogP contribution >= 0.6 is 11.3 Å². The third-order valence-corrected chi connectivity index (χ3v) is 5.80. The van der Waals surface area contributed by atoms with Crippen LogP contribution in [0.25, 0.3) is 10.2 Å². The molecule has 1 aliphatic rings. The highest BCUT2D eigenvalue weighted by atomic mass is 32.1. The van der Waals surface area contributed by atoms with Crippen LogP contribution in [-0.4, -0.2) is 30.1 Å². The van der Waals surface area contributed by atoms with E-state index in [0.29, 0.717) is 12.1 Å². The summed E-state index contributed by atoms with van der Waals surface area (Å²) in [5.74, 6) is -0.0130. The molecule has 2 heterocycles. The summed E-state index contributed by atoms with van der Waals surface area (Å²) < 4.78 is 6.90. The zero-order valence-corrected chi connectivity index (χ0v) is 15.9. The number of benzene rings is 2. The molecule has 5 heteroatoms. The van der Waals surface area contributed by atoms with Crippen LogP contribution in [0.15, 0.2) is 42.5 Å². The van der Waals surface area contributed by atoms with Crippen molar-refractivity contribution in [3.8, 4) is 0 Å². The molecule has 0 N–H and O–H groups in total. The average molecular weight is 366 g/mol. The predicted molar refractivity (Wildman–Crippen MR) is 106 cm³/mol. The van der Waals surface area contributed by atoms with Crippen molar-refractivity contribution in [2.45, 2.75) is 32.8 Å². The number of thiazole rings is 1. The smallest absolute Gasteiger partial charge is 0.260 e. The van der Waals surface area contributed by atoms with Crippen LogP contribution in [0.4, 0.5) is 5.13 Å². The number of carbonyl (C=O) groups excluding carboxylic acids is 1. The number of para-hydroxylation sites is 1. The summed E-state index contributed by atoms with van der Waals surface area (Å²) in [6.45, 7) is 5.38. The fraction of sp³-hybridized carbons (Fsp3) is 0.333. The zero-order chi connectivity index (χ0) is 18.1. The molecule has 0 spiro atoms. The third-order valence-electron chi connectivity index (χ3n) is 4.76. The van der Waals surface area contributed by atoms with Crippen molar-refractivity contribution in [1.82, 2.24) is 4.98 Å². The SMILES string of the molecule is Cc1cccc(C(=O)N(CC2CCCO2)c2nc3c(C)cccc3s2)c1. The number of hydrogen-bond donors (Lipinski definition) is 0. The molecule has 4 nitrogen and oxygen atoms in total. The quantitative estimate of drug-likeness (QED) is 0.670. The van der Waals surface area contributed by atoms with Crippen LogP contribution in [0.2, 0.25) is 0 Å². The van der Waals surface area contributed by atoms with Crippen molar-refractivity contribution in [1.29, 1.82) is 0 Å². The molecular formula is C21H22N2O2S. The van der Waals surface area contributed by atoms with E-state index < -0.39 is 0 Å². The minimum atomic E-state index is -0.0130. The van der Waals surface area contributed by atoms with E-state index in [0.717, 1.165) is 45.9 Å². The van der Waals surface area contributed by atoms with Gasteiger partial charge in [0.2, 0.25) is 0 Å². The lowest BCUT2D eigenvalue weighted by molar-refractivity contribution is 0.0917. The fourth-order valence-corrected chi connectivity index (χ4v) is 4.41. The van der Waals surface area contributed by atoms with Crippen LogP contribution in [0.3, 0.4) is 0 Å². The van der Waals surface area contributed by atoms with Crippen molar-refractivity contribution >= 4 is 32.6 Å². The molecule has 0 bridgehead atoms. The fourth-order valence-electron chi connectivity index (χ4n) is 3.36. The first kappa shape index (κ1) is 17.2. The van der Waals surface area contributed by atoms with Crippen molar-refractivity contribution in [2.75, 3.05) is 18.1 Å². The van der Waals surface area contributed by atoms with Crippen molar-refractivity contribution in [2.24, 2.45) is 0 Å². The van der Waals surface area contributed by atoms with E-state index >= 15 is 0 Å². The van der Waals surface area contributed by atoms with Crippen LogP contribution in [0.5, 0.6) is 0 Å². The maximum absolute atomic E-state index is 13.3. The van der Waals surface area contributed by atoms with Crippen molar-refractivity contribution in [3.63, 3.8) is 0 Å². The summed E-state index contributed by atoms with van der Waals surface area (Å²) in [7, 11) is 0. The zero-order valence-electron chi connectivity index (χ0n) is 15.1. The molecule has 0 saturated carbocycles. The first-order valence-electron chi connectivity index (χ1n) is 8.98. The molecular weight excluding hydrogens is 344 g/mol. The van der Waals surface area contributed by atoms with E-state index in [-0.39, 0.29) is 12.0 Å². The second-order valence-corrected chi connectivity index (χ2v) is 7.85. The van der Waals surface area contributed by atoms with Gasteiger partial charge >= 0.3 is 0 Å². The summed E-state index contributed by atoms with van der Waals surface area (Å²) in [6, 6.07) is 13.9. The number of hydrogen-bond acceptors (Lipinski definition) is 4. The molecule has 0 radical (unpaired) electrons. The maximum Gasteiger partial charge on any atom is 0.260 e. The molecule has 26 heavy (non-hydrogen) atoms. The van der Waals surface area contributed by atoms with Gasteiger partial charge in [0.15, 0.2) is 5.13 Å². The molecule has 1 fully saturated rings.